The number of nitrogens with zero attached hydrogens (tertiary/aromatic N) is 1. The highest BCUT2D eigenvalue weighted by molar-refractivity contribution is 6.08. The molecular formula is C26H35ClN2O4. The van der Waals surface area contributed by atoms with Crippen molar-refractivity contribution in [2.75, 3.05) is 6.61 Å². The molecule has 0 amide bonds. The highest BCUT2D eigenvalue weighted by Crippen LogP contribution is 2.32. The van der Waals surface area contributed by atoms with Crippen molar-refractivity contribution in [3.8, 4) is 5.75 Å². The van der Waals surface area contributed by atoms with Gasteiger partial charge < -0.3 is 19.8 Å². The van der Waals surface area contributed by atoms with Crippen LogP contribution in [0.5, 0.6) is 5.75 Å². The molecular weight excluding hydrogens is 440 g/mol. The predicted octanol–water partition coefficient (Wildman–Crippen LogP) is 4.75. The normalized spacial score (nSPS) is 15.2. The van der Waals surface area contributed by atoms with E-state index in [4.69, 9.17) is 15.2 Å². The molecule has 2 aromatic rings. The molecule has 7 heteroatoms. The van der Waals surface area contributed by atoms with E-state index in [-0.39, 0.29) is 41.3 Å². The number of benzene rings is 1. The Kier molecular flexibility index (Phi) is 9.46. The number of fused-ring (bicyclic) bond motifs is 1. The zero-order chi connectivity index (χ0) is 23.3. The third-order valence-corrected chi connectivity index (χ3v) is 5.34. The predicted molar refractivity (Wildman–Crippen MR) is 134 cm³/mol. The Morgan fingerprint density at radius 2 is 1.82 bits per heavy atom. The standard InChI is InChI=1S/C26H34N2O4.ClH/c1-5-6-14-31-24-20(15-27)28(17-26(2,3)4)25(30)19-12-13-21(23(29)22(19)24)32-16-18-10-8-7-9-11-18;/h7-13,21H,5-6,14-17,27H2,1-4H3;1H. The van der Waals surface area contributed by atoms with E-state index in [1.807, 2.05) is 30.3 Å². The molecule has 0 radical (unpaired) electrons. The first-order valence-electron chi connectivity index (χ1n) is 11.3. The lowest BCUT2D eigenvalue weighted by molar-refractivity contribution is 0.0505. The quantitative estimate of drug-likeness (QED) is 0.530. The van der Waals surface area contributed by atoms with Crippen LogP contribution in [0.15, 0.2) is 41.2 Å². The zero-order valence-corrected chi connectivity index (χ0v) is 20.7. The van der Waals surface area contributed by atoms with E-state index in [1.54, 1.807) is 16.7 Å². The second-order valence-corrected chi connectivity index (χ2v) is 9.36. The van der Waals surface area contributed by atoms with Crippen LogP contribution in [0.4, 0.5) is 0 Å². The van der Waals surface area contributed by atoms with Gasteiger partial charge in [-0.2, -0.15) is 0 Å². The maximum absolute atomic E-state index is 13.5. The molecule has 0 fully saturated rings. The minimum Gasteiger partial charge on any atom is -0.491 e. The monoisotopic (exact) mass is 474 g/mol. The number of pyridine rings is 1. The number of rotatable bonds is 9. The van der Waals surface area contributed by atoms with Crippen molar-refractivity contribution in [3.05, 3.63) is 69.1 Å². The summed E-state index contributed by atoms with van der Waals surface area (Å²) in [5, 5.41) is 0. The molecule has 0 saturated heterocycles. The number of carbonyl (C=O) groups excluding carboxylic acids is 1. The summed E-state index contributed by atoms with van der Waals surface area (Å²) in [4.78, 5) is 26.9. The number of carbonyl (C=O) groups is 1. The summed E-state index contributed by atoms with van der Waals surface area (Å²) in [6, 6.07) is 9.68. The van der Waals surface area contributed by atoms with E-state index in [1.165, 1.54) is 0 Å². The van der Waals surface area contributed by atoms with Crippen molar-refractivity contribution in [1.82, 2.24) is 4.57 Å². The number of unbranched alkanes of at least 4 members (excludes halogenated alkanes) is 1. The number of hydrogen-bond donors (Lipinski definition) is 1. The summed E-state index contributed by atoms with van der Waals surface area (Å²) < 4.78 is 13.7. The van der Waals surface area contributed by atoms with Crippen LogP contribution in [0.2, 0.25) is 0 Å². The van der Waals surface area contributed by atoms with Gasteiger partial charge in [-0.3, -0.25) is 9.59 Å². The Morgan fingerprint density at radius 1 is 1.12 bits per heavy atom. The highest BCUT2D eigenvalue weighted by Gasteiger charge is 2.33. The average Bonchev–Trinajstić information content (AvgIpc) is 2.76. The van der Waals surface area contributed by atoms with Crippen molar-refractivity contribution in [2.24, 2.45) is 11.1 Å². The summed E-state index contributed by atoms with van der Waals surface area (Å²) in [5.74, 6) is 0.155. The Morgan fingerprint density at radius 3 is 2.42 bits per heavy atom. The van der Waals surface area contributed by atoms with Crippen molar-refractivity contribution >= 4 is 24.3 Å². The lowest BCUT2D eigenvalue weighted by Crippen LogP contribution is -2.37. The molecule has 0 saturated carbocycles. The van der Waals surface area contributed by atoms with Crippen LogP contribution in [0.25, 0.3) is 6.08 Å². The van der Waals surface area contributed by atoms with Gasteiger partial charge in [0.15, 0.2) is 11.5 Å². The average molecular weight is 475 g/mol. The van der Waals surface area contributed by atoms with Gasteiger partial charge in [0.25, 0.3) is 5.56 Å². The summed E-state index contributed by atoms with van der Waals surface area (Å²) in [6.07, 6.45) is 4.38. The molecule has 0 bridgehead atoms. The number of aromatic nitrogens is 1. The van der Waals surface area contributed by atoms with Gasteiger partial charge in [-0.05, 0) is 29.6 Å². The van der Waals surface area contributed by atoms with Crippen LogP contribution in [0, 0.1) is 5.41 Å². The van der Waals surface area contributed by atoms with Crippen molar-refractivity contribution in [2.45, 2.75) is 66.3 Å². The largest absolute Gasteiger partial charge is 0.491 e. The Labute approximate surface area is 202 Å². The number of hydrogen-bond acceptors (Lipinski definition) is 5. The molecule has 1 aliphatic carbocycles. The summed E-state index contributed by atoms with van der Waals surface area (Å²) >= 11 is 0. The highest BCUT2D eigenvalue weighted by atomic mass is 35.5. The van der Waals surface area contributed by atoms with Crippen LogP contribution >= 0.6 is 12.4 Å². The molecule has 1 atom stereocenters. The minimum absolute atomic E-state index is 0. The van der Waals surface area contributed by atoms with Gasteiger partial charge in [0.2, 0.25) is 0 Å². The molecule has 3 rings (SSSR count). The third-order valence-electron chi connectivity index (χ3n) is 5.34. The molecule has 1 unspecified atom stereocenters. The van der Waals surface area contributed by atoms with Gasteiger partial charge in [0, 0.05) is 13.1 Å². The van der Waals surface area contributed by atoms with E-state index < -0.39 is 6.10 Å². The van der Waals surface area contributed by atoms with Gasteiger partial charge in [0.05, 0.1) is 30.0 Å². The van der Waals surface area contributed by atoms with Gasteiger partial charge >= 0.3 is 0 Å². The molecule has 1 heterocycles. The molecule has 0 aliphatic heterocycles. The number of Topliss-reactive ketones (excluding diaryl/α,β-unsaturated/α-hetero) is 1. The summed E-state index contributed by atoms with van der Waals surface area (Å²) in [6.45, 7) is 9.59. The van der Waals surface area contributed by atoms with Gasteiger partial charge in [-0.1, -0.05) is 64.4 Å². The van der Waals surface area contributed by atoms with Crippen molar-refractivity contribution < 1.29 is 14.3 Å². The smallest absolute Gasteiger partial charge is 0.259 e. The fourth-order valence-electron chi connectivity index (χ4n) is 3.79. The molecule has 180 valence electrons. The van der Waals surface area contributed by atoms with E-state index in [9.17, 15) is 9.59 Å². The van der Waals surface area contributed by atoms with Gasteiger partial charge in [-0.15, -0.1) is 12.4 Å². The molecule has 0 spiro atoms. The van der Waals surface area contributed by atoms with Crippen LogP contribution in [0.1, 0.15) is 67.7 Å². The first-order valence-corrected chi connectivity index (χ1v) is 11.3. The second kappa shape index (κ2) is 11.6. The number of nitrogens with two attached hydrogens (primary N) is 1. The zero-order valence-electron chi connectivity index (χ0n) is 19.9. The molecule has 2 N–H and O–H groups in total. The molecule has 1 aliphatic rings. The lowest BCUT2D eigenvalue weighted by Gasteiger charge is -2.28. The van der Waals surface area contributed by atoms with E-state index in [0.717, 1.165) is 18.4 Å². The summed E-state index contributed by atoms with van der Waals surface area (Å²) in [5.41, 5.74) is 7.90. The maximum Gasteiger partial charge on any atom is 0.259 e. The van der Waals surface area contributed by atoms with Gasteiger partial charge in [0.1, 0.15) is 6.10 Å². The van der Waals surface area contributed by atoms with Crippen LogP contribution in [0.3, 0.4) is 0 Å². The first-order chi connectivity index (χ1) is 15.3. The maximum atomic E-state index is 13.5. The van der Waals surface area contributed by atoms with E-state index >= 15 is 0 Å². The fraction of sp³-hybridized carbons (Fsp3) is 0.462. The van der Waals surface area contributed by atoms with Crippen molar-refractivity contribution in [3.63, 3.8) is 0 Å². The first kappa shape index (κ1) is 26.8. The van der Waals surface area contributed by atoms with Gasteiger partial charge in [-0.25, -0.2) is 0 Å². The van der Waals surface area contributed by atoms with E-state index in [2.05, 4.69) is 27.7 Å². The third kappa shape index (κ3) is 6.34. The Hall–Kier alpha value is -2.41. The molecule has 1 aromatic carbocycles. The fourth-order valence-corrected chi connectivity index (χ4v) is 3.79. The lowest BCUT2D eigenvalue weighted by atomic mass is 9.91. The molecule has 6 nitrogen and oxygen atoms in total. The van der Waals surface area contributed by atoms with Crippen molar-refractivity contribution in [1.29, 1.82) is 0 Å². The second-order valence-electron chi connectivity index (χ2n) is 9.36. The van der Waals surface area contributed by atoms with Crippen LogP contribution in [-0.4, -0.2) is 23.1 Å². The molecule has 33 heavy (non-hydrogen) atoms. The SMILES string of the molecule is CCCCOc1c2c(c(=O)n(CC(C)(C)C)c1CN)C=CC(OCc1ccccc1)C2=O.Cl. The minimum atomic E-state index is -0.778. The summed E-state index contributed by atoms with van der Waals surface area (Å²) in [7, 11) is 0. The number of ether oxygens (including phenoxy) is 2. The Balaban J connectivity index is 0.00000385. The topological polar surface area (TPSA) is 83.6 Å². The van der Waals surface area contributed by atoms with E-state index in [0.29, 0.717) is 36.8 Å². The number of ketones is 1. The molecule has 1 aromatic heterocycles. The van der Waals surface area contributed by atoms with Crippen LogP contribution < -0.4 is 16.0 Å². The van der Waals surface area contributed by atoms with Crippen LogP contribution in [-0.2, 0) is 24.4 Å². The Bertz CT molecular complexity index is 1040. The number of halogens is 1.